The summed E-state index contributed by atoms with van der Waals surface area (Å²) >= 11 is 0. The summed E-state index contributed by atoms with van der Waals surface area (Å²) in [6.07, 6.45) is 7.37. The number of hydrogen-bond acceptors (Lipinski definition) is 4. The molecule has 8 heteroatoms. The fraction of sp³-hybridized carbons (Fsp3) is 0.391. The maximum Gasteiger partial charge on any atom is 0.193 e. The minimum absolute atomic E-state index is 0. The predicted molar refractivity (Wildman–Crippen MR) is 134 cm³/mol. The molecule has 0 unspecified atom stereocenters. The van der Waals surface area contributed by atoms with Gasteiger partial charge >= 0.3 is 0 Å². The van der Waals surface area contributed by atoms with Gasteiger partial charge in [0.1, 0.15) is 5.76 Å². The van der Waals surface area contributed by atoms with E-state index in [9.17, 15) is 0 Å². The van der Waals surface area contributed by atoms with Crippen molar-refractivity contribution in [1.82, 2.24) is 20.0 Å². The molecule has 0 atom stereocenters. The highest BCUT2D eigenvalue weighted by atomic mass is 127. The smallest absolute Gasteiger partial charge is 0.193 e. The molecule has 0 fully saturated rings. The molecule has 3 aromatic rings. The third-order valence-electron chi connectivity index (χ3n) is 4.59. The lowest BCUT2D eigenvalue weighted by Crippen LogP contribution is -2.39. The third kappa shape index (κ3) is 8.37. The van der Waals surface area contributed by atoms with Gasteiger partial charge in [-0.2, -0.15) is 5.10 Å². The number of para-hydroxylation sites is 1. The van der Waals surface area contributed by atoms with E-state index >= 15 is 0 Å². The van der Waals surface area contributed by atoms with Gasteiger partial charge in [-0.1, -0.05) is 18.2 Å². The van der Waals surface area contributed by atoms with Crippen molar-refractivity contribution in [3.8, 4) is 5.69 Å². The second kappa shape index (κ2) is 13.9. The molecular weight excluding hydrogens is 505 g/mol. The average Bonchev–Trinajstić information content (AvgIpc) is 3.45. The number of ether oxygens (including phenoxy) is 1. The highest BCUT2D eigenvalue weighted by Crippen LogP contribution is 2.09. The number of hydrogen-bond donors (Lipinski definition) is 1. The lowest BCUT2D eigenvalue weighted by molar-refractivity contribution is 0.146. The Kier molecular flexibility index (Phi) is 11.2. The first-order valence-electron chi connectivity index (χ1n) is 10.4. The highest BCUT2D eigenvalue weighted by molar-refractivity contribution is 14.0. The van der Waals surface area contributed by atoms with Gasteiger partial charge in [0.15, 0.2) is 5.96 Å². The van der Waals surface area contributed by atoms with Crippen LogP contribution in [0.15, 0.2) is 70.5 Å². The van der Waals surface area contributed by atoms with Gasteiger partial charge in [0, 0.05) is 58.1 Å². The second-order valence-electron chi connectivity index (χ2n) is 7.00. The Hall–Kier alpha value is -2.33. The summed E-state index contributed by atoms with van der Waals surface area (Å²) in [5.74, 6) is 1.83. The van der Waals surface area contributed by atoms with E-state index in [1.165, 1.54) is 0 Å². The molecule has 3 rings (SSSR count). The van der Waals surface area contributed by atoms with Gasteiger partial charge in [0.05, 0.1) is 18.1 Å². The molecule has 168 valence electrons. The van der Waals surface area contributed by atoms with Crippen LogP contribution < -0.4 is 5.32 Å². The zero-order valence-corrected chi connectivity index (χ0v) is 20.6. The fourth-order valence-corrected chi connectivity index (χ4v) is 3.07. The van der Waals surface area contributed by atoms with Crippen LogP contribution in [0.3, 0.4) is 0 Å². The zero-order chi connectivity index (χ0) is 21.0. The van der Waals surface area contributed by atoms with Crippen molar-refractivity contribution < 1.29 is 9.15 Å². The summed E-state index contributed by atoms with van der Waals surface area (Å²) in [5.41, 5.74) is 2.17. The Morgan fingerprint density at radius 2 is 2.06 bits per heavy atom. The SMILES string of the molecule is CCOCCCN=C(NCCc1ccco1)N(C)Cc1cnn(-c2ccccc2)c1.I. The van der Waals surface area contributed by atoms with Gasteiger partial charge in [-0.25, -0.2) is 4.68 Å². The number of halogens is 1. The first-order chi connectivity index (χ1) is 14.8. The average molecular weight is 537 g/mol. The number of benzene rings is 1. The summed E-state index contributed by atoms with van der Waals surface area (Å²) in [4.78, 5) is 6.89. The quantitative estimate of drug-likeness (QED) is 0.173. The van der Waals surface area contributed by atoms with Gasteiger partial charge in [0.2, 0.25) is 0 Å². The maximum atomic E-state index is 5.42. The summed E-state index contributed by atoms with van der Waals surface area (Å²) in [5, 5.41) is 7.95. The van der Waals surface area contributed by atoms with Crippen LogP contribution in [0.5, 0.6) is 0 Å². The molecule has 0 saturated carbocycles. The zero-order valence-electron chi connectivity index (χ0n) is 18.2. The van der Waals surface area contributed by atoms with Crippen LogP contribution in [0.25, 0.3) is 5.69 Å². The van der Waals surface area contributed by atoms with Crippen molar-refractivity contribution in [2.75, 3.05) is 33.4 Å². The van der Waals surface area contributed by atoms with Gasteiger partial charge in [-0.15, -0.1) is 24.0 Å². The van der Waals surface area contributed by atoms with Crippen LogP contribution in [0.1, 0.15) is 24.7 Å². The van der Waals surface area contributed by atoms with E-state index in [-0.39, 0.29) is 24.0 Å². The van der Waals surface area contributed by atoms with E-state index in [0.29, 0.717) is 6.54 Å². The molecule has 0 aliphatic heterocycles. The van der Waals surface area contributed by atoms with Crippen molar-refractivity contribution in [2.45, 2.75) is 26.3 Å². The van der Waals surface area contributed by atoms with Crippen molar-refractivity contribution in [3.05, 3.63) is 72.4 Å². The van der Waals surface area contributed by atoms with Crippen LogP contribution >= 0.6 is 24.0 Å². The van der Waals surface area contributed by atoms with Crippen LogP contribution in [-0.2, 0) is 17.7 Å². The van der Waals surface area contributed by atoms with E-state index in [2.05, 4.69) is 21.5 Å². The van der Waals surface area contributed by atoms with Gasteiger partial charge in [-0.3, -0.25) is 4.99 Å². The van der Waals surface area contributed by atoms with Crippen LogP contribution in [-0.4, -0.2) is 54.0 Å². The van der Waals surface area contributed by atoms with Crippen LogP contribution in [0, 0.1) is 0 Å². The molecule has 2 aromatic heterocycles. The number of rotatable bonds is 11. The fourth-order valence-electron chi connectivity index (χ4n) is 3.07. The number of aliphatic imine (C=N–C) groups is 1. The molecule has 7 nitrogen and oxygen atoms in total. The first-order valence-corrected chi connectivity index (χ1v) is 10.4. The Labute approximate surface area is 201 Å². The minimum Gasteiger partial charge on any atom is -0.469 e. The second-order valence-corrected chi connectivity index (χ2v) is 7.00. The maximum absolute atomic E-state index is 5.42. The summed E-state index contributed by atoms with van der Waals surface area (Å²) < 4.78 is 12.7. The van der Waals surface area contributed by atoms with E-state index in [4.69, 9.17) is 14.1 Å². The third-order valence-corrected chi connectivity index (χ3v) is 4.59. The molecule has 31 heavy (non-hydrogen) atoms. The largest absolute Gasteiger partial charge is 0.469 e. The molecule has 0 saturated heterocycles. The molecule has 0 spiro atoms. The molecule has 1 N–H and O–H groups in total. The topological polar surface area (TPSA) is 67.8 Å². The summed E-state index contributed by atoms with van der Waals surface area (Å²) in [6, 6.07) is 14.0. The molecule has 0 radical (unpaired) electrons. The molecule has 0 aliphatic rings. The van der Waals surface area contributed by atoms with E-state index in [0.717, 1.165) is 62.1 Å². The van der Waals surface area contributed by atoms with Crippen molar-refractivity contribution in [2.24, 2.45) is 4.99 Å². The normalized spacial score (nSPS) is 11.2. The predicted octanol–water partition coefficient (Wildman–Crippen LogP) is 4.13. The molecule has 0 aliphatic carbocycles. The Bertz CT molecular complexity index is 881. The Balaban J connectivity index is 0.00000341. The van der Waals surface area contributed by atoms with Gasteiger partial charge in [-0.05, 0) is 37.6 Å². The lowest BCUT2D eigenvalue weighted by Gasteiger charge is -2.22. The highest BCUT2D eigenvalue weighted by Gasteiger charge is 2.10. The van der Waals surface area contributed by atoms with Crippen molar-refractivity contribution in [1.29, 1.82) is 0 Å². The van der Waals surface area contributed by atoms with Crippen molar-refractivity contribution in [3.63, 3.8) is 0 Å². The van der Waals surface area contributed by atoms with E-state index < -0.39 is 0 Å². The first kappa shape index (κ1) is 24.9. The monoisotopic (exact) mass is 537 g/mol. The number of nitrogens with zero attached hydrogens (tertiary/aromatic N) is 4. The lowest BCUT2D eigenvalue weighted by atomic mass is 10.3. The number of guanidine groups is 1. The molecule has 0 amide bonds. The Morgan fingerprint density at radius 1 is 1.23 bits per heavy atom. The standard InChI is InChI=1S/C23H31N5O2.HI/c1-3-29-15-8-13-24-23(25-14-12-22-11-7-16-30-22)27(2)18-20-17-26-28(19-20)21-9-5-4-6-10-21;/h4-7,9-11,16-17,19H,3,8,12-15,18H2,1-2H3,(H,24,25);1H. The summed E-state index contributed by atoms with van der Waals surface area (Å²) in [6.45, 7) is 5.66. The molecule has 1 aromatic carbocycles. The van der Waals surface area contributed by atoms with E-state index in [1.54, 1.807) is 6.26 Å². The van der Waals surface area contributed by atoms with Gasteiger partial charge in [0.25, 0.3) is 0 Å². The minimum atomic E-state index is 0. The molecule has 2 heterocycles. The number of aromatic nitrogens is 2. The summed E-state index contributed by atoms with van der Waals surface area (Å²) in [7, 11) is 2.04. The number of nitrogens with one attached hydrogen (secondary N) is 1. The van der Waals surface area contributed by atoms with Crippen molar-refractivity contribution >= 4 is 29.9 Å². The molecule has 0 bridgehead atoms. The van der Waals surface area contributed by atoms with E-state index in [1.807, 2.05) is 67.3 Å². The molecular formula is C23H32IN5O2. The van der Waals surface area contributed by atoms with Crippen LogP contribution in [0.2, 0.25) is 0 Å². The van der Waals surface area contributed by atoms with Gasteiger partial charge < -0.3 is 19.4 Å². The Morgan fingerprint density at radius 3 is 2.81 bits per heavy atom. The van der Waals surface area contributed by atoms with Crippen LogP contribution in [0.4, 0.5) is 0 Å². The number of furan rings is 1.